The summed E-state index contributed by atoms with van der Waals surface area (Å²) in [5.74, 6) is 1.19. The zero-order valence-electron chi connectivity index (χ0n) is 22.1. The van der Waals surface area contributed by atoms with Crippen LogP contribution in [0.2, 0.25) is 0 Å². The number of hydrogen-bond acceptors (Lipinski definition) is 4. The minimum Gasteiger partial charge on any atom is -0.304 e. The Bertz CT molecular complexity index is 1100. The Morgan fingerprint density at radius 2 is 1.43 bits per heavy atom. The molecule has 1 amide bonds. The van der Waals surface area contributed by atoms with Crippen molar-refractivity contribution in [2.45, 2.75) is 65.8 Å². The summed E-state index contributed by atoms with van der Waals surface area (Å²) in [5.41, 5.74) is 6.38. The normalized spacial score (nSPS) is 24.6. The van der Waals surface area contributed by atoms with E-state index in [1.165, 1.54) is 28.7 Å². The van der Waals surface area contributed by atoms with Crippen LogP contribution in [0, 0.1) is 33.1 Å². The van der Waals surface area contributed by atoms with E-state index in [0.29, 0.717) is 0 Å². The van der Waals surface area contributed by atoms with Gasteiger partial charge in [-0.1, -0.05) is 54.7 Å². The quantitative estimate of drug-likeness (QED) is 0.587. The number of anilines is 1. The van der Waals surface area contributed by atoms with E-state index < -0.39 is 0 Å². The number of carbonyl (C=O) groups excluding carboxylic acids is 1. The molecule has 3 aliphatic rings. The van der Waals surface area contributed by atoms with Gasteiger partial charge in [0.15, 0.2) is 0 Å². The fourth-order valence-corrected chi connectivity index (χ4v) is 6.59. The molecule has 0 aromatic heterocycles. The van der Waals surface area contributed by atoms with Gasteiger partial charge in [-0.25, -0.2) is 4.99 Å². The van der Waals surface area contributed by atoms with Crippen molar-refractivity contribution >= 4 is 23.1 Å². The first-order valence-corrected chi connectivity index (χ1v) is 13.3. The van der Waals surface area contributed by atoms with Crippen molar-refractivity contribution in [2.75, 3.05) is 38.1 Å². The van der Waals surface area contributed by atoms with Crippen molar-refractivity contribution in [2.24, 2.45) is 10.4 Å². The molecule has 1 atom stereocenters. The molecule has 2 heterocycles. The Morgan fingerprint density at radius 3 is 2.03 bits per heavy atom. The summed E-state index contributed by atoms with van der Waals surface area (Å²) in [6, 6.07) is 12.9. The van der Waals surface area contributed by atoms with Gasteiger partial charge in [-0.3, -0.25) is 14.6 Å². The summed E-state index contributed by atoms with van der Waals surface area (Å²) in [4.78, 5) is 26.9. The van der Waals surface area contributed by atoms with Gasteiger partial charge in [-0.05, 0) is 70.8 Å². The maximum Gasteiger partial charge on any atom is 0.240 e. The molecule has 5 nitrogen and oxygen atoms in total. The van der Waals surface area contributed by atoms with Crippen molar-refractivity contribution in [3.63, 3.8) is 0 Å². The standard InChI is InChI=1S/C30H40N4O/c1-21-9-11-25(12-10-21)34-28(31-26-23(3)19-22(2)20-24(26)4)27(33-17-15-32(5)16-18-33)30(29(34)35)13-7-6-8-14-30/h9-12,19-20,27H,6-8,13-18H2,1-5H3/t27-/m0/s1. The lowest BCUT2D eigenvalue weighted by Crippen LogP contribution is -2.57. The molecular weight excluding hydrogens is 432 g/mol. The van der Waals surface area contributed by atoms with E-state index in [0.717, 1.165) is 69.1 Å². The first-order valence-electron chi connectivity index (χ1n) is 13.3. The lowest BCUT2D eigenvalue weighted by molar-refractivity contribution is -0.130. The molecule has 3 fully saturated rings. The molecule has 186 valence electrons. The highest BCUT2D eigenvalue weighted by Gasteiger charge is 2.60. The molecule has 0 N–H and O–H groups in total. The molecule has 5 heteroatoms. The fraction of sp³-hybridized carbons (Fsp3) is 0.533. The van der Waals surface area contributed by atoms with Gasteiger partial charge >= 0.3 is 0 Å². The molecule has 0 bridgehead atoms. The van der Waals surface area contributed by atoms with Crippen LogP contribution in [0.3, 0.4) is 0 Å². The van der Waals surface area contributed by atoms with Gasteiger partial charge in [-0.2, -0.15) is 0 Å². The molecule has 0 unspecified atom stereocenters. The molecule has 35 heavy (non-hydrogen) atoms. The average molecular weight is 473 g/mol. The number of piperazine rings is 1. The van der Waals surface area contributed by atoms with E-state index in [-0.39, 0.29) is 17.4 Å². The second kappa shape index (κ2) is 9.51. The number of likely N-dealkylation sites (N-methyl/N-ethyl adjacent to an activating group) is 1. The van der Waals surface area contributed by atoms with Gasteiger partial charge in [-0.15, -0.1) is 0 Å². The van der Waals surface area contributed by atoms with E-state index in [1.54, 1.807) is 0 Å². The molecule has 2 aliphatic heterocycles. The number of aliphatic imine (C=N–C) groups is 1. The van der Waals surface area contributed by atoms with Crippen LogP contribution < -0.4 is 4.90 Å². The Hall–Kier alpha value is -2.50. The van der Waals surface area contributed by atoms with Crippen LogP contribution in [0.5, 0.6) is 0 Å². The van der Waals surface area contributed by atoms with Crippen LogP contribution in [0.1, 0.15) is 54.4 Å². The summed E-state index contributed by atoms with van der Waals surface area (Å²) >= 11 is 0. The molecule has 2 aromatic rings. The fourth-order valence-electron chi connectivity index (χ4n) is 6.59. The van der Waals surface area contributed by atoms with Gasteiger partial charge in [0.25, 0.3) is 0 Å². The van der Waals surface area contributed by atoms with Crippen LogP contribution in [0.15, 0.2) is 41.4 Å². The van der Waals surface area contributed by atoms with Crippen molar-refractivity contribution in [3.8, 4) is 0 Å². The third-order valence-corrected chi connectivity index (χ3v) is 8.43. The number of hydrogen-bond donors (Lipinski definition) is 0. The van der Waals surface area contributed by atoms with Crippen molar-refractivity contribution in [1.82, 2.24) is 9.80 Å². The highest BCUT2D eigenvalue weighted by atomic mass is 16.2. The Balaban J connectivity index is 1.71. The highest BCUT2D eigenvalue weighted by molar-refractivity contribution is 6.27. The Kier molecular flexibility index (Phi) is 6.58. The molecule has 1 aliphatic carbocycles. The molecule has 2 aromatic carbocycles. The molecule has 1 saturated carbocycles. The van der Waals surface area contributed by atoms with Gasteiger partial charge in [0, 0.05) is 26.2 Å². The number of amidine groups is 1. The van der Waals surface area contributed by atoms with Crippen LogP contribution in [0.25, 0.3) is 0 Å². The van der Waals surface area contributed by atoms with E-state index in [9.17, 15) is 4.79 Å². The third-order valence-electron chi connectivity index (χ3n) is 8.43. The number of aryl methyl sites for hydroxylation is 4. The highest BCUT2D eigenvalue weighted by Crippen LogP contribution is 2.50. The van der Waals surface area contributed by atoms with E-state index in [4.69, 9.17) is 4.99 Å². The SMILES string of the molecule is Cc1ccc(N2C(=O)C3(CCCCC3)[C@@H](N3CCN(C)CC3)C2=Nc2c(C)cc(C)cc2C)cc1. The third kappa shape index (κ3) is 4.34. The summed E-state index contributed by atoms with van der Waals surface area (Å²) in [5, 5.41) is 0. The topological polar surface area (TPSA) is 39.2 Å². The minimum absolute atomic E-state index is 0.0189. The zero-order chi connectivity index (χ0) is 24.7. The number of carbonyl (C=O) groups is 1. The van der Waals surface area contributed by atoms with Crippen molar-refractivity contribution in [1.29, 1.82) is 0 Å². The van der Waals surface area contributed by atoms with Crippen molar-refractivity contribution in [3.05, 3.63) is 58.7 Å². The molecule has 5 rings (SSSR count). The molecule has 1 spiro atoms. The molecule has 2 saturated heterocycles. The van der Waals surface area contributed by atoms with Crippen LogP contribution in [0.4, 0.5) is 11.4 Å². The van der Waals surface area contributed by atoms with Gasteiger partial charge in [0.05, 0.1) is 22.8 Å². The summed E-state index contributed by atoms with van der Waals surface area (Å²) in [6.07, 6.45) is 5.37. The predicted molar refractivity (Wildman–Crippen MR) is 145 cm³/mol. The number of benzene rings is 2. The Labute approximate surface area is 210 Å². The number of amides is 1. The average Bonchev–Trinajstić information content (AvgIpc) is 3.05. The van der Waals surface area contributed by atoms with E-state index in [2.05, 4.69) is 80.9 Å². The number of nitrogens with zero attached hydrogens (tertiary/aromatic N) is 4. The molecular formula is C30H40N4O. The lowest BCUT2D eigenvalue weighted by Gasteiger charge is -2.44. The first-order chi connectivity index (χ1) is 16.8. The van der Waals surface area contributed by atoms with Crippen molar-refractivity contribution < 1.29 is 4.79 Å². The largest absolute Gasteiger partial charge is 0.304 e. The maximum absolute atomic E-state index is 14.5. The van der Waals surface area contributed by atoms with Gasteiger partial charge in [0.2, 0.25) is 5.91 Å². The maximum atomic E-state index is 14.5. The minimum atomic E-state index is -0.385. The zero-order valence-corrected chi connectivity index (χ0v) is 22.1. The second-order valence-electron chi connectivity index (χ2n) is 11.2. The van der Waals surface area contributed by atoms with Crippen LogP contribution in [-0.2, 0) is 4.79 Å². The van der Waals surface area contributed by atoms with Gasteiger partial charge in [0.1, 0.15) is 5.84 Å². The smallest absolute Gasteiger partial charge is 0.240 e. The van der Waals surface area contributed by atoms with E-state index >= 15 is 0 Å². The predicted octanol–water partition coefficient (Wildman–Crippen LogP) is 5.56. The van der Waals surface area contributed by atoms with Gasteiger partial charge < -0.3 is 4.90 Å². The van der Waals surface area contributed by atoms with Crippen LogP contribution >= 0.6 is 0 Å². The summed E-state index contributed by atoms with van der Waals surface area (Å²) in [6.45, 7) is 12.5. The summed E-state index contributed by atoms with van der Waals surface area (Å²) < 4.78 is 0. The first kappa shape index (κ1) is 24.2. The second-order valence-corrected chi connectivity index (χ2v) is 11.2. The molecule has 0 radical (unpaired) electrons. The lowest BCUT2D eigenvalue weighted by atomic mass is 9.69. The number of rotatable bonds is 3. The van der Waals surface area contributed by atoms with E-state index in [1.807, 2.05) is 4.90 Å². The monoisotopic (exact) mass is 472 g/mol. The Morgan fingerprint density at radius 1 is 0.829 bits per heavy atom. The van der Waals surface area contributed by atoms with Crippen LogP contribution in [-0.4, -0.2) is 60.8 Å². The summed E-state index contributed by atoms with van der Waals surface area (Å²) in [7, 11) is 2.19.